The molecule has 2 fully saturated rings. The average Bonchev–Trinajstić information content (AvgIpc) is 2.61. The van der Waals surface area contributed by atoms with Crippen LogP contribution in [-0.4, -0.2) is 23.1 Å². The molecule has 0 bridgehead atoms. The maximum atomic E-state index is 13.3. The van der Waals surface area contributed by atoms with Crippen LogP contribution in [0.1, 0.15) is 18.2 Å². The van der Waals surface area contributed by atoms with Crippen molar-refractivity contribution in [3.8, 4) is 0 Å². The highest BCUT2D eigenvalue weighted by Gasteiger charge is 2.49. The molecule has 1 aromatic carbocycles. The van der Waals surface area contributed by atoms with Gasteiger partial charge in [0, 0.05) is 18.7 Å². The summed E-state index contributed by atoms with van der Waals surface area (Å²) in [5, 5.41) is 4.44. The molecule has 2 saturated heterocycles. The van der Waals surface area contributed by atoms with Gasteiger partial charge in [0.1, 0.15) is 12.0 Å². The summed E-state index contributed by atoms with van der Waals surface area (Å²) in [7, 11) is 0. The molecule has 13 heavy (non-hydrogen) atoms. The number of fused-ring (bicyclic) bond motifs is 1. The first-order valence-electron chi connectivity index (χ1n) is 4.65. The summed E-state index contributed by atoms with van der Waals surface area (Å²) < 4.78 is 13.3. The summed E-state index contributed by atoms with van der Waals surface area (Å²) in [6, 6.07) is 7.04. The number of hydrogen-bond donors (Lipinski definition) is 0. The molecular weight excluding hydrogens is 167 g/mol. The van der Waals surface area contributed by atoms with E-state index in [2.05, 4.69) is 10.0 Å². The number of hydrazine groups is 1. The highest BCUT2D eigenvalue weighted by Crippen LogP contribution is 2.45. The van der Waals surface area contributed by atoms with Gasteiger partial charge in [-0.15, -0.1) is 0 Å². The molecule has 3 heteroatoms. The van der Waals surface area contributed by atoms with Crippen LogP contribution in [0.4, 0.5) is 4.39 Å². The van der Waals surface area contributed by atoms with Crippen LogP contribution in [0.2, 0.25) is 0 Å². The summed E-state index contributed by atoms with van der Waals surface area (Å²) >= 11 is 0. The number of benzene rings is 1. The van der Waals surface area contributed by atoms with Gasteiger partial charge < -0.3 is 0 Å². The van der Waals surface area contributed by atoms with E-state index in [1.165, 1.54) is 12.5 Å². The van der Waals surface area contributed by atoms with Crippen LogP contribution in [0, 0.1) is 5.82 Å². The van der Waals surface area contributed by atoms with Gasteiger partial charge in [0.05, 0.1) is 0 Å². The summed E-state index contributed by atoms with van der Waals surface area (Å²) in [4.78, 5) is 0. The normalized spacial score (nSPS) is 35.9. The third-order valence-corrected chi connectivity index (χ3v) is 2.80. The van der Waals surface area contributed by atoms with E-state index in [0.717, 1.165) is 18.7 Å². The van der Waals surface area contributed by atoms with Gasteiger partial charge in [0.25, 0.3) is 0 Å². The van der Waals surface area contributed by atoms with Crippen LogP contribution in [0.3, 0.4) is 0 Å². The van der Waals surface area contributed by atoms with E-state index < -0.39 is 0 Å². The van der Waals surface area contributed by atoms with Crippen molar-refractivity contribution in [1.82, 2.24) is 10.0 Å². The van der Waals surface area contributed by atoms with Crippen molar-refractivity contribution in [1.29, 1.82) is 0 Å². The summed E-state index contributed by atoms with van der Waals surface area (Å²) in [6.07, 6.45) is 1.44. The molecule has 2 unspecified atom stereocenters. The zero-order chi connectivity index (χ0) is 8.84. The largest absolute Gasteiger partial charge is 0.217 e. The molecule has 0 saturated carbocycles. The average molecular weight is 178 g/mol. The molecule has 0 spiro atoms. The molecule has 68 valence electrons. The first-order chi connectivity index (χ1) is 6.38. The molecule has 2 aliphatic rings. The minimum Gasteiger partial charge on any atom is -0.217 e. The van der Waals surface area contributed by atoms with Crippen molar-refractivity contribution >= 4 is 0 Å². The predicted molar refractivity (Wildman–Crippen MR) is 47.2 cm³/mol. The molecule has 2 aliphatic heterocycles. The van der Waals surface area contributed by atoms with Crippen molar-refractivity contribution in [3.63, 3.8) is 0 Å². The lowest BCUT2D eigenvalue weighted by Gasteiger charge is -2.02. The molecule has 0 aromatic heterocycles. The molecule has 0 N–H and O–H groups in total. The zero-order valence-corrected chi connectivity index (χ0v) is 7.28. The minimum atomic E-state index is -0.0816. The number of rotatable bonds is 1. The van der Waals surface area contributed by atoms with E-state index in [1.807, 2.05) is 12.1 Å². The van der Waals surface area contributed by atoms with Crippen LogP contribution in [-0.2, 0) is 0 Å². The smallest absolute Gasteiger partial charge is 0.129 e. The van der Waals surface area contributed by atoms with Crippen LogP contribution in [0.25, 0.3) is 0 Å². The van der Waals surface area contributed by atoms with Gasteiger partial charge in [-0.05, 0) is 12.5 Å². The number of halogens is 1. The van der Waals surface area contributed by atoms with Gasteiger partial charge in [-0.3, -0.25) is 0 Å². The highest BCUT2D eigenvalue weighted by molar-refractivity contribution is 5.24. The maximum absolute atomic E-state index is 13.3. The van der Waals surface area contributed by atoms with Crippen molar-refractivity contribution in [2.45, 2.75) is 12.6 Å². The minimum absolute atomic E-state index is 0.0816. The Balaban J connectivity index is 1.91. The third-order valence-electron chi connectivity index (χ3n) is 2.80. The summed E-state index contributed by atoms with van der Waals surface area (Å²) in [5.41, 5.74) is 0.821. The summed E-state index contributed by atoms with van der Waals surface area (Å²) in [5.74, 6) is -0.0816. The molecule has 1 aromatic rings. The Morgan fingerprint density at radius 3 is 2.54 bits per heavy atom. The Bertz CT molecular complexity index is 329. The fraction of sp³-hybridized carbons (Fsp3) is 0.400. The van der Waals surface area contributed by atoms with Crippen molar-refractivity contribution in [2.75, 3.05) is 13.1 Å². The number of hydrogen-bond acceptors (Lipinski definition) is 2. The quantitative estimate of drug-likeness (QED) is 0.604. The van der Waals surface area contributed by atoms with E-state index in [9.17, 15) is 4.39 Å². The van der Waals surface area contributed by atoms with Gasteiger partial charge in [0.2, 0.25) is 0 Å². The molecule has 2 heterocycles. The lowest BCUT2D eigenvalue weighted by molar-refractivity contribution is 0.412. The fourth-order valence-electron chi connectivity index (χ4n) is 2.15. The SMILES string of the molecule is Fc1ccccc1C1N2CCCN12. The van der Waals surface area contributed by atoms with E-state index >= 15 is 0 Å². The summed E-state index contributed by atoms with van der Waals surface area (Å²) in [6.45, 7) is 2.16. The molecule has 0 aliphatic carbocycles. The van der Waals surface area contributed by atoms with Crippen LogP contribution < -0.4 is 0 Å². The zero-order valence-electron chi connectivity index (χ0n) is 7.28. The Kier molecular flexibility index (Phi) is 1.45. The molecular formula is C10H11FN2. The predicted octanol–water partition coefficient (Wildman–Crippen LogP) is 1.76. The Labute approximate surface area is 76.5 Å². The van der Waals surface area contributed by atoms with Gasteiger partial charge in [-0.1, -0.05) is 18.2 Å². The van der Waals surface area contributed by atoms with Gasteiger partial charge in [-0.25, -0.2) is 14.4 Å². The second-order valence-corrected chi connectivity index (χ2v) is 3.57. The Morgan fingerprint density at radius 1 is 1.15 bits per heavy atom. The lowest BCUT2D eigenvalue weighted by Crippen LogP contribution is -2.01. The van der Waals surface area contributed by atoms with Gasteiger partial charge >= 0.3 is 0 Å². The Hall–Kier alpha value is -0.930. The van der Waals surface area contributed by atoms with Crippen molar-refractivity contribution in [2.24, 2.45) is 0 Å². The molecule has 2 nitrogen and oxygen atoms in total. The van der Waals surface area contributed by atoms with E-state index in [4.69, 9.17) is 0 Å². The van der Waals surface area contributed by atoms with Crippen molar-refractivity contribution < 1.29 is 4.39 Å². The monoisotopic (exact) mass is 178 g/mol. The first-order valence-corrected chi connectivity index (χ1v) is 4.65. The fourth-order valence-corrected chi connectivity index (χ4v) is 2.15. The maximum Gasteiger partial charge on any atom is 0.129 e. The van der Waals surface area contributed by atoms with Gasteiger partial charge in [-0.2, -0.15) is 0 Å². The topological polar surface area (TPSA) is 6.02 Å². The number of nitrogens with zero attached hydrogens (tertiary/aromatic N) is 2. The standard InChI is InChI=1S/C10H11FN2/c11-9-5-2-1-4-8(9)10-12-6-3-7-13(10)12/h1-2,4-5,10H,3,6-7H2. The Morgan fingerprint density at radius 2 is 1.85 bits per heavy atom. The van der Waals surface area contributed by atoms with E-state index in [1.54, 1.807) is 6.07 Å². The van der Waals surface area contributed by atoms with Crippen LogP contribution in [0.5, 0.6) is 0 Å². The van der Waals surface area contributed by atoms with E-state index in [-0.39, 0.29) is 12.0 Å². The van der Waals surface area contributed by atoms with Crippen molar-refractivity contribution in [3.05, 3.63) is 35.6 Å². The van der Waals surface area contributed by atoms with Gasteiger partial charge in [0.15, 0.2) is 0 Å². The van der Waals surface area contributed by atoms with E-state index in [0.29, 0.717) is 0 Å². The molecule has 2 atom stereocenters. The lowest BCUT2D eigenvalue weighted by atomic mass is 10.2. The second kappa shape index (κ2) is 2.53. The highest BCUT2D eigenvalue weighted by atomic mass is 19.1. The van der Waals surface area contributed by atoms with Crippen LogP contribution in [0.15, 0.2) is 24.3 Å². The second-order valence-electron chi connectivity index (χ2n) is 3.57. The third kappa shape index (κ3) is 1.01. The molecule has 0 amide bonds. The van der Waals surface area contributed by atoms with Crippen LogP contribution >= 0.6 is 0 Å². The molecule has 3 rings (SSSR count). The molecule has 0 radical (unpaired) electrons. The first kappa shape index (κ1) is 7.47.